The Hall–Kier alpha value is -3.62. The summed E-state index contributed by atoms with van der Waals surface area (Å²) in [6.07, 6.45) is 1.50. The summed E-state index contributed by atoms with van der Waals surface area (Å²) in [5.41, 5.74) is 0.873. The molecule has 1 unspecified atom stereocenters. The monoisotopic (exact) mass is 386 g/mol. The van der Waals surface area contributed by atoms with Crippen LogP contribution < -0.4 is 21.3 Å². The zero-order valence-electron chi connectivity index (χ0n) is 15.8. The van der Waals surface area contributed by atoms with Crippen LogP contribution in [0.2, 0.25) is 0 Å². The van der Waals surface area contributed by atoms with Crippen molar-refractivity contribution in [1.29, 1.82) is 0 Å². The van der Waals surface area contributed by atoms with Crippen LogP contribution in [0.3, 0.4) is 0 Å². The predicted molar refractivity (Wildman–Crippen MR) is 103 cm³/mol. The highest BCUT2D eigenvalue weighted by atomic mass is 16.3. The second-order valence-corrected chi connectivity index (χ2v) is 6.15. The van der Waals surface area contributed by atoms with Gasteiger partial charge in [-0.25, -0.2) is 0 Å². The van der Waals surface area contributed by atoms with Gasteiger partial charge in [-0.2, -0.15) is 0 Å². The first-order chi connectivity index (χ1) is 13.2. The van der Waals surface area contributed by atoms with Crippen molar-refractivity contribution in [3.05, 3.63) is 47.9 Å². The molecule has 9 nitrogen and oxygen atoms in total. The number of hydrogen-bond acceptors (Lipinski definition) is 5. The van der Waals surface area contributed by atoms with E-state index >= 15 is 0 Å². The third-order valence-electron chi connectivity index (χ3n) is 3.59. The third-order valence-corrected chi connectivity index (χ3v) is 3.59. The summed E-state index contributed by atoms with van der Waals surface area (Å²) in [4.78, 5) is 47.3. The Labute approximate surface area is 161 Å². The highest BCUT2D eigenvalue weighted by Crippen LogP contribution is 2.19. The smallest absolute Gasteiger partial charge is 0.252 e. The van der Waals surface area contributed by atoms with E-state index in [4.69, 9.17) is 4.42 Å². The van der Waals surface area contributed by atoms with E-state index in [1.165, 1.54) is 38.3 Å². The molecule has 2 aromatic rings. The summed E-state index contributed by atoms with van der Waals surface area (Å²) in [6.45, 7) is 4.41. The van der Waals surface area contributed by atoms with Gasteiger partial charge >= 0.3 is 0 Å². The van der Waals surface area contributed by atoms with Crippen LogP contribution >= 0.6 is 0 Å². The Balaban J connectivity index is 2.07. The lowest BCUT2D eigenvalue weighted by Gasteiger charge is -2.15. The van der Waals surface area contributed by atoms with Crippen LogP contribution in [-0.2, 0) is 20.9 Å². The van der Waals surface area contributed by atoms with E-state index in [1.807, 2.05) is 0 Å². The van der Waals surface area contributed by atoms with E-state index in [2.05, 4.69) is 21.3 Å². The molecular formula is C19H22N4O5. The molecule has 1 heterocycles. The van der Waals surface area contributed by atoms with Gasteiger partial charge in [0.1, 0.15) is 11.8 Å². The van der Waals surface area contributed by atoms with Crippen molar-refractivity contribution >= 4 is 35.0 Å². The topological polar surface area (TPSA) is 130 Å². The molecule has 0 bridgehead atoms. The van der Waals surface area contributed by atoms with Crippen LogP contribution in [0.5, 0.6) is 0 Å². The molecule has 0 radical (unpaired) electrons. The molecule has 0 aliphatic heterocycles. The van der Waals surface area contributed by atoms with E-state index in [9.17, 15) is 19.2 Å². The first kappa shape index (κ1) is 20.7. The molecule has 0 spiro atoms. The van der Waals surface area contributed by atoms with Gasteiger partial charge in [0, 0.05) is 30.8 Å². The number of carbonyl (C=O) groups is 4. The first-order valence-corrected chi connectivity index (χ1v) is 8.56. The Kier molecular flexibility index (Phi) is 6.91. The Morgan fingerprint density at radius 1 is 1.00 bits per heavy atom. The van der Waals surface area contributed by atoms with Gasteiger partial charge in [0.05, 0.1) is 12.8 Å². The fourth-order valence-electron chi connectivity index (χ4n) is 2.40. The molecule has 0 saturated heterocycles. The number of furan rings is 1. The zero-order chi connectivity index (χ0) is 20.7. The highest BCUT2D eigenvalue weighted by molar-refractivity contribution is 6.01. The lowest BCUT2D eigenvalue weighted by atomic mass is 10.1. The van der Waals surface area contributed by atoms with Crippen molar-refractivity contribution in [2.24, 2.45) is 0 Å². The number of rotatable bonds is 7. The largest absolute Gasteiger partial charge is 0.467 e. The van der Waals surface area contributed by atoms with Gasteiger partial charge in [-0.1, -0.05) is 0 Å². The van der Waals surface area contributed by atoms with Gasteiger partial charge < -0.3 is 25.7 Å². The van der Waals surface area contributed by atoms with Crippen molar-refractivity contribution in [3.8, 4) is 0 Å². The maximum atomic E-state index is 12.5. The Morgan fingerprint density at radius 3 is 2.11 bits per heavy atom. The summed E-state index contributed by atoms with van der Waals surface area (Å²) in [5, 5.41) is 10.4. The molecule has 4 amide bonds. The number of hydrogen-bond donors (Lipinski definition) is 4. The first-order valence-electron chi connectivity index (χ1n) is 8.56. The quantitative estimate of drug-likeness (QED) is 0.575. The third kappa shape index (κ3) is 6.27. The minimum absolute atomic E-state index is 0.181. The molecular weight excluding hydrogens is 364 g/mol. The van der Waals surface area contributed by atoms with Crippen molar-refractivity contribution in [3.63, 3.8) is 0 Å². The minimum atomic E-state index is -0.809. The van der Waals surface area contributed by atoms with Gasteiger partial charge in [-0.3, -0.25) is 19.2 Å². The van der Waals surface area contributed by atoms with Crippen LogP contribution in [0.1, 0.15) is 36.9 Å². The maximum Gasteiger partial charge on any atom is 0.252 e. The van der Waals surface area contributed by atoms with Gasteiger partial charge in [-0.15, -0.1) is 0 Å². The summed E-state index contributed by atoms with van der Waals surface area (Å²) >= 11 is 0. The molecule has 1 atom stereocenters. The lowest BCUT2D eigenvalue weighted by Crippen LogP contribution is -2.44. The molecule has 0 fully saturated rings. The molecule has 1 aromatic carbocycles. The standard InChI is InChI=1S/C19H22N4O5/c1-11(18(26)20-10-17-5-4-6-28-17)21-19(27)14-7-15(22-12(2)24)9-16(8-14)23-13(3)25/h4-9,11H,10H2,1-3H3,(H,20,26)(H,21,27)(H,22,24)(H,23,25). The Bertz CT molecular complexity index is 842. The molecule has 9 heteroatoms. The van der Waals surface area contributed by atoms with Gasteiger partial charge in [-0.05, 0) is 37.3 Å². The number of amides is 4. The van der Waals surface area contributed by atoms with E-state index in [1.54, 1.807) is 19.1 Å². The highest BCUT2D eigenvalue weighted by Gasteiger charge is 2.18. The van der Waals surface area contributed by atoms with Gasteiger partial charge in [0.15, 0.2) is 0 Å². The lowest BCUT2D eigenvalue weighted by molar-refractivity contribution is -0.122. The molecule has 148 valence electrons. The van der Waals surface area contributed by atoms with Crippen LogP contribution in [0, 0.1) is 0 Å². The molecule has 0 aliphatic carbocycles. The van der Waals surface area contributed by atoms with Crippen LogP contribution in [-0.4, -0.2) is 29.7 Å². The molecule has 0 aliphatic rings. The number of anilines is 2. The van der Waals surface area contributed by atoms with Crippen LogP contribution in [0.15, 0.2) is 41.0 Å². The molecule has 2 rings (SSSR count). The van der Waals surface area contributed by atoms with Crippen LogP contribution in [0.25, 0.3) is 0 Å². The van der Waals surface area contributed by atoms with Crippen molar-refractivity contribution in [1.82, 2.24) is 10.6 Å². The number of nitrogens with one attached hydrogen (secondary N) is 4. The van der Waals surface area contributed by atoms with E-state index < -0.39 is 11.9 Å². The summed E-state index contributed by atoms with van der Waals surface area (Å²) in [5.74, 6) is -0.965. The number of benzene rings is 1. The maximum absolute atomic E-state index is 12.5. The fourth-order valence-corrected chi connectivity index (χ4v) is 2.40. The SMILES string of the molecule is CC(=O)Nc1cc(NC(C)=O)cc(C(=O)NC(C)C(=O)NCc2ccco2)c1. The van der Waals surface area contributed by atoms with E-state index in [0.29, 0.717) is 17.1 Å². The van der Waals surface area contributed by atoms with Crippen molar-refractivity contribution in [2.75, 3.05) is 10.6 Å². The van der Waals surface area contributed by atoms with Gasteiger partial charge in [0.2, 0.25) is 17.7 Å². The van der Waals surface area contributed by atoms with Crippen molar-refractivity contribution < 1.29 is 23.6 Å². The molecule has 1 aromatic heterocycles. The second kappa shape index (κ2) is 9.36. The summed E-state index contributed by atoms with van der Waals surface area (Å²) in [6, 6.07) is 7.06. The average molecular weight is 386 g/mol. The zero-order valence-corrected chi connectivity index (χ0v) is 15.8. The van der Waals surface area contributed by atoms with E-state index in [0.717, 1.165) is 0 Å². The normalized spacial score (nSPS) is 11.2. The van der Waals surface area contributed by atoms with Crippen molar-refractivity contribution in [2.45, 2.75) is 33.4 Å². The summed E-state index contributed by atoms with van der Waals surface area (Å²) < 4.78 is 5.13. The number of carbonyl (C=O) groups excluding carboxylic acids is 4. The molecule has 0 saturated carbocycles. The molecule has 28 heavy (non-hydrogen) atoms. The average Bonchev–Trinajstić information content (AvgIpc) is 3.11. The van der Waals surface area contributed by atoms with E-state index in [-0.39, 0.29) is 29.8 Å². The summed E-state index contributed by atoms with van der Waals surface area (Å²) in [7, 11) is 0. The fraction of sp³-hybridized carbons (Fsp3) is 0.263. The van der Waals surface area contributed by atoms with Crippen LogP contribution in [0.4, 0.5) is 11.4 Å². The minimum Gasteiger partial charge on any atom is -0.467 e. The second-order valence-electron chi connectivity index (χ2n) is 6.15. The molecule has 4 N–H and O–H groups in total. The Morgan fingerprint density at radius 2 is 1.61 bits per heavy atom. The van der Waals surface area contributed by atoms with Gasteiger partial charge in [0.25, 0.3) is 5.91 Å². The predicted octanol–water partition coefficient (Wildman–Crippen LogP) is 1.63.